The molecule has 0 unspecified atom stereocenters. The summed E-state index contributed by atoms with van der Waals surface area (Å²) in [4.78, 5) is 11.6. The second kappa shape index (κ2) is 6.15. The number of carbonyl (C=O) groups excluding carboxylic acids is 1. The topological polar surface area (TPSA) is 72.9 Å². The molecule has 0 aliphatic heterocycles. The van der Waals surface area contributed by atoms with E-state index < -0.39 is 6.04 Å². The molecule has 0 radical (unpaired) electrons. The molecule has 1 amide bonds. The smallest absolute Gasteiger partial charge is 0.242 e. The van der Waals surface area contributed by atoms with E-state index >= 15 is 0 Å². The van der Waals surface area contributed by atoms with Crippen LogP contribution in [0.1, 0.15) is 12.5 Å². The zero-order valence-electron chi connectivity index (χ0n) is 10.9. The summed E-state index contributed by atoms with van der Waals surface area (Å²) in [5, 5.41) is 6.97. The maximum absolute atomic E-state index is 11.6. The van der Waals surface area contributed by atoms with E-state index in [4.69, 9.17) is 5.73 Å². The first-order chi connectivity index (χ1) is 9.16. The Balaban J connectivity index is 1.98. The Kier molecular flexibility index (Phi) is 4.30. The minimum Gasteiger partial charge on any atom is -0.320 e. The van der Waals surface area contributed by atoms with Gasteiger partial charge in [0, 0.05) is 12.6 Å². The molecule has 2 aromatic rings. The standard InChI is InChI=1S/C14H18N4O/c1-11(15)14(19)17-13-7-9-16-18(13)10-8-12-5-3-2-4-6-12/h2-7,9,11H,8,10,15H2,1H3,(H,17,19)/t11-/m1/s1. The largest absolute Gasteiger partial charge is 0.320 e. The molecule has 3 N–H and O–H groups in total. The Hall–Kier alpha value is -2.14. The molecule has 0 aliphatic carbocycles. The van der Waals surface area contributed by atoms with Crippen molar-refractivity contribution in [2.75, 3.05) is 5.32 Å². The van der Waals surface area contributed by atoms with Crippen molar-refractivity contribution in [2.24, 2.45) is 5.73 Å². The van der Waals surface area contributed by atoms with E-state index in [9.17, 15) is 4.79 Å². The number of hydrogen-bond acceptors (Lipinski definition) is 3. The molecule has 2 rings (SSSR count). The lowest BCUT2D eigenvalue weighted by atomic mass is 10.1. The minimum atomic E-state index is -0.530. The molecule has 100 valence electrons. The van der Waals surface area contributed by atoms with E-state index in [0.717, 1.165) is 6.42 Å². The van der Waals surface area contributed by atoms with Gasteiger partial charge in [0.15, 0.2) is 0 Å². The number of nitrogens with two attached hydrogens (primary N) is 1. The number of nitrogens with one attached hydrogen (secondary N) is 1. The van der Waals surface area contributed by atoms with Gasteiger partial charge >= 0.3 is 0 Å². The fraction of sp³-hybridized carbons (Fsp3) is 0.286. The third-order valence-electron chi connectivity index (χ3n) is 2.84. The maximum Gasteiger partial charge on any atom is 0.242 e. The normalized spacial score (nSPS) is 12.1. The first kappa shape index (κ1) is 13.3. The first-order valence-corrected chi connectivity index (χ1v) is 6.29. The quantitative estimate of drug-likeness (QED) is 0.851. The summed E-state index contributed by atoms with van der Waals surface area (Å²) in [7, 11) is 0. The average Bonchev–Trinajstić information content (AvgIpc) is 2.85. The van der Waals surface area contributed by atoms with E-state index in [1.54, 1.807) is 23.9 Å². The van der Waals surface area contributed by atoms with Crippen LogP contribution in [0, 0.1) is 0 Å². The van der Waals surface area contributed by atoms with Gasteiger partial charge in [-0.15, -0.1) is 0 Å². The first-order valence-electron chi connectivity index (χ1n) is 6.29. The van der Waals surface area contributed by atoms with Gasteiger partial charge in [0.25, 0.3) is 0 Å². The molecule has 1 atom stereocenters. The number of aryl methyl sites for hydroxylation is 2. The highest BCUT2D eigenvalue weighted by Gasteiger charge is 2.10. The van der Waals surface area contributed by atoms with Gasteiger partial charge in [-0.05, 0) is 18.9 Å². The van der Waals surface area contributed by atoms with Crippen LogP contribution in [-0.4, -0.2) is 21.7 Å². The SMILES string of the molecule is C[C@@H](N)C(=O)Nc1ccnn1CCc1ccccc1. The van der Waals surface area contributed by atoms with Gasteiger partial charge in [-0.3, -0.25) is 4.79 Å². The number of carbonyl (C=O) groups is 1. The van der Waals surface area contributed by atoms with E-state index in [0.29, 0.717) is 12.4 Å². The minimum absolute atomic E-state index is 0.207. The molecule has 1 heterocycles. The maximum atomic E-state index is 11.6. The Morgan fingerprint density at radius 2 is 2.11 bits per heavy atom. The van der Waals surface area contributed by atoms with Crippen molar-refractivity contribution in [1.29, 1.82) is 0 Å². The fourth-order valence-corrected chi connectivity index (χ4v) is 1.74. The van der Waals surface area contributed by atoms with Crippen LogP contribution in [0.5, 0.6) is 0 Å². The second-order valence-electron chi connectivity index (χ2n) is 4.45. The van der Waals surface area contributed by atoms with Crippen LogP contribution >= 0.6 is 0 Å². The van der Waals surface area contributed by atoms with E-state index in [-0.39, 0.29) is 5.91 Å². The number of hydrogen-bond donors (Lipinski definition) is 2. The van der Waals surface area contributed by atoms with Gasteiger partial charge in [-0.25, -0.2) is 4.68 Å². The molecule has 0 fully saturated rings. The third kappa shape index (κ3) is 3.66. The lowest BCUT2D eigenvalue weighted by Crippen LogP contribution is -2.33. The Morgan fingerprint density at radius 1 is 1.37 bits per heavy atom. The zero-order chi connectivity index (χ0) is 13.7. The third-order valence-corrected chi connectivity index (χ3v) is 2.84. The van der Waals surface area contributed by atoms with E-state index in [1.807, 2.05) is 18.2 Å². The molecule has 1 aromatic heterocycles. The van der Waals surface area contributed by atoms with Crippen LogP contribution in [0.25, 0.3) is 0 Å². The fourth-order valence-electron chi connectivity index (χ4n) is 1.74. The van der Waals surface area contributed by atoms with Crippen LogP contribution in [0.15, 0.2) is 42.6 Å². The number of rotatable bonds is 5. The summed E-state index contributed by atoms with van der Waals surface area (Å²) < 4.78 is 1.77. The van der Waals surface area contributed by atoms with Gasteiger partial charge in [-0.2, -0.15) is 5.10 Å². The zero-order valence-corrected chi connectivity index (χ0v) is 10.9. The highest BCUT2D eigenvalue weighted by molar-refractivity contribution is 5.93. The van der Waals surface area contributed by atoms with E-state index in [2.05, 4.69) is 22.5 Å². The van der Waals surface area contributed by atoms with Crippen molar-refractivity contribution >= 4 is 11.7 Å². The Labute approximate surface area is 112 Å². The van der Waals surface area contributed by atoms with Crippen LogP contribution < -0.4 is 11.1 Å². The lowest BCUT2D eigenvalue weighted by Gasteiger charge is -2.10. The summed E-state index contributed by atoms with van der Waals surface area (Å²) in [6.45, 7) is 2.37. The van der Waals surface area contributed by atoms with Crippen molar-refractivity contribution in [3.05, 3.63) is 48.2 Å². The van der Waals surface area contributed by atoms with Crippen molar-refractivity contribution in [3.63, 3.8) is 0 Å². The Bertz CT molecular complexity index is 533. The van der Waals surface area contributed by atoms with E-state index in [1.165, 1.54) is 5.56 Å². The predicted octanol–water partition coefficient (Wildman–Crippen LogP) is 1.41. The summed E-state index contributed by atoms with van der Waals surface area (Å²) in [5.41, 5.74) is 6.76. The molecular formula is C14H18N4O. The average molecular weight is 258 g/mol. The number of amides is 1. The summed E-state index contributed by atoms with van der Waals surface area (Å²) in [6, 6.07) is 11.4. The molecule has 1 aromatic carbocycles. The van der Waals surface area contributed by atoms with Gasteiger partial charge in [0.05, 0.1) is 12.2 Å². The van der Waals surface area contributed by atoms with Gasteiger partial charge < -0.3 is 11.1 Å². The number of benzene rings is 1. The Morgan fingerprint density at radius 3 is 2.79 bits per heavy atom. The van der Waals surface area contributed by atoms with Crippen molar-refractivity contribution in [2.45, 2.75) is 25.9 Å². The molecule has 0 saturated carbocycles. The molecule has 5 nitrogen and oxygen atoms in total. The van der Waals surface area contributed by atoms with Crippen LogP contribution in [0.3, 0.4) is 0 Å². The number of aromatic nitrogens is 2. The summed E-state index contributed by atoms with van der Waals surface area (Å²) in [6.07, 6.45) is 2.53. The molecule has 0 aliphatic rings. The van der Waals surface area contributed by atoms with Crippen molar-refractivity contribution < 1.29 is 4.79 Å². The monoisotopic (exact) mass is 258 g/mol. The molecule has 5 heteroatoms. The van der Waals surface area contributed by atoms with Crippen molar-refractivity contribution in [1.82, 2.24) is 9.78 Å². The highest BCUT2D eigenvalue weighted by atomic mass is 16.2. The predicted molar refractivity (Wildman–Crippen MR) is 74.7 cm³/mol. The van der Waals surface area contributed by atoms with Gasteiger partial charge in [0.2, 0.25) is 5.91 Å². The molecular weight excluding hydrogens is 240 g/mol. The van der Waals surface area contributed by atoms with Crippen LogP contribution in [0.2, 0.25) is 0 Å². The molecule has 19 heavy (non-hydrogen) atoms. The number of anilines is 1. The van der Waals surface area contributed by atoms with Gasteiger partial charge in [-0.1, -0.05) is 30.3 Å². The summed E-state index contributed by atoms with van der Waals surface area (Å²) in [5.74, 6) is 0.472. The van der Waals surface area contributed by atoms with Gasteiger partial charge in [0.1, 0.15) is 5.82 Å². The number of nitrogens with zero attached hydrogens (tertiary/aromatic N) is 2. The summed E-state index contributed by atoms with van der Waals surface area (Å²) >= 11 is 0. The lowest BCUT2D eigenvalue weighted by molar-refractivity contribution is -0.117. The van der Waals surface area contributed by atoms with Crippen molar-refractivity contribution in [3.8, 4) is 0 Å². The van der Waals surface area contributed by atoms with Crippen LogP contribution in [0.4, 0.5) is 5.82 Å². The second-order valence-corrected chi connectivity index (χ2v) is 4.45. The molecule has 0 bridgehead atoms. The van der Waals surface area contributed by atoms with Crippen LogP contribution in [-0.2, 0) is 17.8 Å². The highest BCUT2D eigenvalue weighted by Crippen LogP contribution is 2.09. The molecule has 0 spiro atoms. The molecule has 0 saturated heterocycles.